The molecule has 6 nitrogen and oxygen atoms in total. The van der Waals surface area contributed by atoms with Gasteiger partial charge in [0.2, 0.25) is 0 Å². The predicted octanol–water partition coefficient (Wildman–Crippen LogP) is 38.4. The van der Waals surface area contributed by atoms with E-state index in [0.29, 0.717) is 0 Å². The van der Waals surface area contributed by atoms with Crippen molar-refractivity contribution in [2.24, 2.45) is 0 Å². The molecule has 0 saturated carbocycles. The second-order valence-corrected chi connectivity index (χ2v) is 52.9. The van der Waals surface area contributed by atoms with Crippen LogP contribution in [0.3, 0.4) is 0 Å². The standard InChI is InChI=1S/C132H174N6S/c1-37-125(38-2)71-117(21,22)103-87(125)67-88-104(118(23,24)72-126(88,39-3)40-4)99(103)83-53-57-95(79(17)63-83)137(96-58-54-84(64-80(96)18)100-105-89(127(41-5,42-6)73-119(105,25)26)68-90-106(100)120(27,28)74-128(90,43-7)44-8)115-111-112(134-62-61-133-111)116(114-113(115)135-139-136-114)138(97-59-55-85(65-81(97)19)101-107-91(129(45-9,46-10)75-121(107,29)30)69-92-108(101)122(31,32)76-130(92,47-11)48-12)98-60-56-86(66-82(98)20)102-109-93(131(49-13,50-14)77-123(109,33)34)70-94-110(102)124(35,36)78-132(94,51-15)52-16/h53-70H,37-52,71-78H2,1-36H3. The average molecular weight is 1880 g/mol. The molecule has 0 bridgehead atoms. The van der Waals surface area contributed by atoms with E-state index in [-0.39, 0.29) is 86.6 Å². The summed E-state index contributed by atoms with van der Waals surface area (Å²) in [7, 11) is 0. The summed E-state index contributed by atoms with van der Waals surface area (Å²) in [4.78, 5) is 17.0. The van der Waals surface area contributed by atoms with Crippen LogP contribution in [0.1, 0.15) is 487 Å². The Morgan fingerprint density at radius 3 is 0.525 bits per heavy atom. The van der Waals surface area contributed by atoms with Crippen molar-refractivity contribution in [3.63, 3.8) is 0 Å². The van der Waals surface area contributed by atoms with Gasteiger partial charge in [-0.3, -0.25) is 9.97 Å². The van der Waals surface area contributed by atoms with E-state index in [9.17, 15) is 0 Å². The summed E-state index contributed by atoms with van der Waals surface area (Å²) in [5, 5.41) is 0. The van der Waals surface area contributed by atoms with Gasteiger partial charge in [0.05, 0.1) is 11.7 Å². The number of fused-ring (bicyclic) bond motifs is 10. The molecule has 0 N–H and O–H groups in total. The van der Waals surface area contributed by atoms with Crippen molar-refractivity contribution in [1.82, 2.24) is 18.7 Å². The molecule has 0 unspecified atom stereocenters. The molecule has 0 saturated heterocycles. The number of rotatable bonds is 26. The molecule has 8 aliphatic carbocycles. The maximum absolute atomic E-state index is 5.89. The van der Waals surface area contributed by atoms with Gasteiger partial charge in [0.25, 0.3) is 0 Å². The minimum atomic E-state index is -0.0552. The number of aryl methyl sites for hydroxylation is 4. The fraction of sp³-hybridized carbons (Fsp3) is 0.576. The Bertz CT molecular complexity index is 5840. The summed E-state index contributed by atoms with van der Waals surface area (Å²) in [6, 6.07) is 42.0. The summed E-state index contributed by atoms with van der Waals surface area (Å²) >= 11 is 1.33. The number of benzene rings is 9. The molecule has 0 atom stereocenters. The van der Waals surface area contributed by atoms with Crippen molar-refractivity contribution >= 4 is 67.9 Å². The summed E-state index contributed by atoms with van der Waals surface area (Å²) < 4.78 is 11.7. The van der Waals surface area contributed by atoms with Crippen LogP contribution in [0.25, 0.3) is 66.6 Å². The van der Waals surface area contributed by atoms with E-state index < -0.39 is 0 Å². The maximum Gasteiger partial charge on any atom is 0.133 e. The Kier molecular flexibility index (Phi) is 23.7. The molecule has 2 aromatic heterocycles. The van der Waals surface area contributed by atoms with Crippen LogP contribution >= 0.6 is 11.7 Å². The van der Waals surface area contributed by atoms with Crippen LogP contribution in [0.15, 0.2) is 109 Å². The Balaban J connectivity index is 0.906. The molecule has 0 fully saturated rings. The molecular weight excluding hydrogens is 1700 g/mol. The number of aromatic nitrogens is 4. The first-order chi connectivity index (χ1) is 65.5. The minimum Gasteiger partial charge on any atom is -0.306 e. The zero-order valence-electron chi connectivity index (χ0n) is 93.5. The lowest BCUT2D eigenvalue weighted by Gasteiger charge is -2.34. The van der Waals surface area contributed by atoms with E-state index in [1.165, 1.54) is 78.5 Å². The molecule has 139 heavy (non-hydrogen) atoms. The van der Waals surface area contributed by atoms with Gasteiger partial charge in [0.1, 0.15) is 33.4 Å². The molecule has 0 spiro atoms. The van der Waals surface area contributed by atoms with Crippen LogP contribution in [0.5, 0.6) is 0 Å². The third-order valence-electron chi connectivity index (χ3n) is 41.8. The fourth-order valence-electron chi connectivity index (χ4n) is 35.0. The largest absolute Gasteiger partial charge is 0.306 e. The topological polar surface area (TPSA) is 58.0 Å². The van der Waals surface area contributed by atoms with Crippen LogP contribution in [-0.2, 0) is 86.6 Å². The highest BCUT2D eigenvalue weighted by molar-refractivity contribution is 7.00. The van der Waals surface area contributed by atoms with Gasteiger partial charge in [-0.25, -0.2) is 0 Å². The second-order valence-electron chi connectivity index (χ2n) is 52.4. The first-order valence-corrected chi connectivity index (χ1v) is 56.6. The van der Waals surface area contributed by atoms with Crippen molar-refractivity contribution in [3.8, 4) is 44.5 Å². The SMILES string of the molecule is CCC1(CC)CC(C)(C)c2c1cc1c(c2-c2ccc(N(c3ccc(-c4c5c(cc6c4C(C)(C)CC6(CC)CC)C(CC)(CC)CC5(C)C)cc3C)c3c4nccnc4c(N(c4ccc(-c5c6c(cc7c5C(C)(C)CC7(CC)CC)C(CC)(CC)CC6(C)C)cc4C)c4ccc(-c5c6c(cc7c5C(C)(C)CC7(CC)CC)C(CC)(CC)CC6(C)C)cc4C)c4nsnc34)c(C)c2)C(C)(C)CC1(CC)CC. The summed E-state index contributed by atoms with van der Waals surface area (Å²) in [5.74, 6) is 0. The van der Waals surface area contributed by atoms with Crippen LogP contribution in [0.2, 0.25) is 0 Å². The zero-order valence-corrected chi connectivity index (χ0v) is 94.3. The molecule has 7 heteroatoms. The summed E-state index contributed by atoms with van der Waals surface area (Å²) in [6.07, 6.45) is 31.1. The molecule has 19 rings (SSSR count). The highest BCUT2D eigenvalue weighted by Gasteiger charge is 2.61. The molecule has 2 heterocycles. The van der Waals surface area contributed by atoms with Crippen molar-refractivity contribution in [1.29, 1.82) is 0 Å². The Labute approximate surface area is 845 Å². The van der Waals surface area contributed by atoms with Gasteiger partial charge in [-0.05, 0) is 473 Å². The van der Waals surface area contributed by atoms with Gasteiger partial charge in [0.15, 0.2) is 0 Å². The average Bonchev–Trinajstić information content (AvgIpc) is 1.51. The molecule has 0 radical (unpaired) electrons. The first kappa shape index (κ1) is 99.5. The maximum atomic E-state index is 5.89. The smallest absolute Gasteiger partial charge is 0.133 e. The third kappa shape index (κ3) is 13.7. The van der Waals surface area contributed by atoms with E-state index in [4.69, 9.17) is 18.7 Å². The lowest BCUT2D eigenvalue weighted by Crippen LogP contribution is -2.26. The monoisotopic (exact) mass is 1880 g/mol. The van der Waals surface area contributed by atoms with Crippen LogP contribution < -0.4 is 9.80 Å². The van der Waals surface area contributed by atoms with Crippen molar-refractivity contribution < 1.29 is 0 Å². The van der Waals surface area contributed by atoms with Crippen molar-refractivity contribution in [2.45, 2.75) is 490 Å². The van der Waals surface area contributed by atoms with E-state index in [2.05, 4.69) is 356 Å². The highest BCUT2D eigenvalue weighted by atomic mass is 32.1. The van der Waals surface area contributed by atoms with Crippen LogP contribution in [-0.4, -0.2) is 18.7 Å². The van der Waals surface area contributed by atoms with Crippen LogP contribution in [0, 0.1) is 27.7 Å². The quantitative estimate of drug-likeness (QED) is 0.0504. The third-order valence-corrected chi connectivity index (χ3v) is 42.3. The summed E-state index contributed by atoms with van der Waals surface area (Å²) in [6.45, 7) is 90.7. The highest BCUT2D eigenvalue weighted by Crippen LogP contribution is 2.71. The number of anilines is 6. The van der Waals surface area contributed by atoms with Gasteiger partial charge in [-0.2, -0.15) is 8.75 Å². The lowest BCUT2D eigenvalue weighted by molar-refractivity contribution is 0.322. The van der Waals surface area contributed by atoms with Crippen molar-refractivity contribution in [2.75, 3.05) is 9.80 Å². The van der Waals surface area contributed by atoms with E-state index in [1.807, 2.05) is 12.4 Å². The molecule has 9 aromatic carbocycles. The molecule has 738 valence electrons. The van der Waals surface area contributed by atoms with Crippen molar-refractivity contribution in [3.05, 3.63) is 221 Å². The van der Waals surface area contributed by atoms with Crippen LogP contribution in [0.4, 0.5) is 34.1 Å². The lowest BCUT2D eigenvalue weighted by atomic mass is 9.72. The Morgan fingerprint density at radius 1 is 0.223 bits per heavy atom. The summed E-state index contributed by atoms with van der Waals surface area (Å²) in [5.41, 5.74) is 51.3. The van der Waals surface area contributed by atoms with E-state index >= 15 is 0 Å². The van der Waals surface area contributed by atoms with Gasteiger partial charge < -0.3 is 9.80 Å². The van der Waals surface area contributed by atoms with Gasteiger partial charge in [-0.1, -0.05) is 270 Å². The van der Waals surface area contributed by atoms with E-state index in [0.717, 1.165) is 210 Å². The predicted molar refractivity (Wildman–Crippen MR) is 600 cm³/mol. The number of nitrogens with zero attached hydrogens (tertiary/aromatic N) is 6. The molecule has 0 aliphatic heterocycles. The molecule has 8 aliphatic rings. The van der Waals surface area contributed by atoms with Gasteiger partial charge >= 0.3 is 0 Å². The Morgan fingerprint density at radius 2 is 0.381 bits per heavy atom. The first-order valence-electron chi connectivity index (χ1n) is 55.8. The minimum absolute atomic E-state index is 0.0552. The molecule has 0 amide bonds. The van der Waals surface area contributed by atoms with E-state index in [1.54, 1.807) is 89.0 Å². The number of hydrogen-bond donors (Lipinski definition) is 0. The zero-order chi connectivity index (χ0) is 100. The van der Waals surface area contributed by atoms with Gasteiger partial charge in [0, 0.05) is 35.1 Å². The second kappa shape index (κ2) is 33.1. The Hall–Kier alpha value is -8.26. The normalized spacial score (nSPS) is 21.1. The van der Waals surface area contributed by atoms with Gasteiger partial charge in [-0.15, -0.1) is 0 Å². The number of hydrogen-bond acceptors (Lipinski definition) is 7. The molecular formula is C132H174N6S. The molecule has 11 aromatic rings. The fourth-order valence-corrected chi connectivity index (χ4v) is 35.5.